The zero-order chi connectivity index (χ0) is 12.6. The molecule has 1 heterocycles. The van der Waals surface area contributed by atoms with E-state index in [9.17, 15) is 0 Å². The maximum absolute atomic E-state index is 3.60. The van der Waals surface area contributed by atoms with Gasteiger partial charge in [0.05, 0.1) is 0 Å². The van der Waals surface area contributed by atoms with E-state index in [2.05, 4.69) is 43.4 Å². The Morgan fingerprint density at radius 2 is 1.94 bits per heavy atom. The van der Waals surface area contributed by atoms with Crippen LogP contribution in [0.5, 0.6) is 0 Å². The van der Waals surface area contributed by atoms with Gasteiger partial charge >= 0.3 is 0 Å². The molecule has 1 aromatic carbocycles. The van der Waals surface area contributed by atoms with Gasteiger partial charge in [-0.2, -0.15) is 0 Å². The molecule has 1 heteroatoms. The minimum absolute atomic E-state index is 0.516. The van der Waals surface area contributed by atoms with Gasteiger partial charge in [-0.25, -0.2) is 0 Å². The first-order valence-electron chi connectivity index (χ1n) is 7.45. The maximum Gasteiger partial charge on any atom is 0.00254 e. The molecule has 1 N–H and O–H groups in total. The summed E-state index contributed by atoms with van der Waals surface area (Å²) in [7, 11) is 0. The monoisotopic (exact) mass is 243 g/mol. The SMILES string of the molecule is Cc1ccc(C2CNCCC2(C)CC2CC2)cc1. The molecule has 0 spiro atoms. The fraction of sp³-hybridized carbons (Fsp3) is 0.647. The first-order valence-corrected chi connectivity index (χ1v) is 7.45. The van der Waals surface area contributed by atoms with Crippen molar-refractivity contribution in [2.45, 2.75) is 45.4 Å². The van der Waals surface area contributed by atoms with Gasteiger partial charge in [0.25, 0.3) is 0 Å². The number of nitrogens with one attached hydrogen (secondary N) is 1. The highest BCUT2D eigenvalue weighted by Gasteiger charge is 2.41. The van der Waals surface area contributed by atoms with Crippen LogP contribution in [0, 0.1) is 18.3 Å². The van der Waals surface area contributed by atoms with E-state index in [1.807, 2.05) is 0 Å². The summed E-state index contributed by atoms with van der Waals surface area (Å²) < 4.78 is 0. The molecule has 0 amide bonds. The molecular formula is C17H25N. The fourth-order valence-electron chi connectivity index (χ4n) is 3.59. The lowest BCUT2D eigenvalue weighted by molar-refractivity contribution is 0.163. The molecule has 1 aliphatic heterocycles. The van der Waals surface area contributed by atoms with Crippen molar-refractivity contribution in [3.8, 4) is 0 Å². The third-order valence-electron chi connectivity index (χ3n) is 4.99. The van der Waals surface area contributed by atoms with Crippen molar-refractivity contribution in [3.63, 3.8) is 0 Å². The van der Waals surface area contributed by atoms with Crippen molar-refractivity contribution in [3.05, 3.63) is 35.4 Å². The summed E-state index contributed by atoms with van der Waals surface area (Å²) in [6, 6.07) is 9.22. The predicted molar refractivity (Wildman–Crippen MR) is 76.9 cm³/mol. The van der Waals surface area contributed by atoms with Crippen LogP contribution in [-0.4, -0.2) is 13.1 Å². The summed E-state index contributed by atoms with van der Waals surface area (Å²) in [5, 5.41) is 3.60. The standard InChI is InChI=1S/C17H25N/c1-13-3-7-15(8-4-13)16-12-18-10-9-17(16,2)11-14-5-6-14/h3-4,7-8,14,16,18H,5-6,9-12H2,1-2H3. The van der Waals surface area contributed by atoms with E-state index in [0.717, 1.165) is 12.5 Å². The van der Waals surface area contributed by atoms with Crippen LogP contribution in [0.15, 0.2) is 24.3 Å². The molecule has 3 rings (SSSR count). The van der Waals surface area contributed by atoms with Crippen molar-refractivity contribution in [2.75, 3.05) is 13.1 Å². The van der Waals surface area contributed by atoms with Gasteiger partial charge in [0, 0.05) is 12.5 Å². The average Bonchev–Trinajstić information content (AvgIpc) is 3.14. The number of benzene rings is 1. The van der Waals surface area contributed by atoms with Crippen LogP contribution in [-0.2, 0) is 0 Å². The first-order chi connectivity index (χ1) is 8.67. The second-order valence-corrected chi connectivity index (χ2v) is 6.72. The predicted octanol–water partition coefficient (Wildman–Crippen LogP) is 3.88. The molecule has 1 aromatic rings. The lowest BCUT2D eigenvalue weighted by Gasteiger charge is -2.42. The summed E-state index contributed by atoms with van der Waals surface area (Å²) >= 11 is 0. The van der Waals surface area contributed by atoms with E-state index in [0.29, 0.717) is 11.3 Å². The van der Waals surface area contributed by atoms with Crippen LogP contribution >= 0.6 is 0 Å². The quantitative estimate of drug-likeness (QED) is 0.849. The van der Waals surface area contributed by atoms with Crippen molar-refractivity contribution >= 4 is 0 Å². The lowest BCUT2D eigenvalue weighted by atomic mass is 9.66. The maximum atomic E-state index is 3.60. The minimum Gasteiger partial charge on any atom is -0.316 e. The third-order valence-corrected chi connectivity index (χ3v) is 4.99. The van der Waals surface area contributed by atoms with Crippen LogP contribution in [0.3, 0.4) is 0 Å². The van der Waals surface area contributed by atoms with Gasteiger partial charge in [-0.15, -0.1) is 0 Å². The summed E-state index contributed by atoms with van der Waals surface area (Å²) in [6.07, 6.45) is 5.72. The second kappa shape index (κ2) is 4.70. The van der Waals surface area contributed by atoms with E-state index in [4.69, 9.17) is 0 Å². The van der Waals surface area contributed by atoms with Gasteiger partial charge in [0.1, 0.15) is 0 Å². The van der Waals surface area contributed by atoms with Gasteiger partial charge in [-0.1, -0.05) is 49.6 Å². The molecule has 2 unspecified atom stereocenters. The van der Waals surface area contributed by atoms with E-state index in [1.165, 1.54) is 43.4 Å². The lowest BCUT2D eigenvalue weighted by Crippen LogP contribution is -2.42. The van der Waals surface area contributed by atoms with Crippen LogP contribution in [0.2, 0.25) is 0 Å². The molecule has 1 aliphatic carbocycles. The van der Waals surface area contributed by atoms with Crippen LogP contribution in [0.4, 0.5) is 0 Å². The van der Waals surface area contributed by atoms with Crippen molar-refractivity contribution in [1.82, 2.24) is 5.32 Å². The summed E-state index contributed by atoms with van der Waals surface area (Å²) in [6.45, 7) is 7.06. The molecule has 0 aromatic heterocycles. The van der Waals surface area contributed by atoms with Crippen LogP contribution < -0.4 is 5.32 Å². The topological polar surface area (TPSA) is 12.0 Å². The smallest absolute Gasteiger partial charge is 0.00254 e. The molecule has 2 fully saturated rings. The van der Waals surface area contributed by atoms with Crippen molar-refractivity contribution < 1.29 is 0 Å². The average molecular weight is 243 g/mol. The van der Waals surface area contributed by atoms with Crippen molar-refractivity contribution in [2.24, 2.45) is 11.3 Å². The highest BCUT2D eigenvalue weighted by Crippen LogP contribution is 2.50. The molecule has 2 atom stereocenters. The molecule has 2 aliphatic rings. The van der Waals surface area contributed by atoms with Gasteiger partial charge in [0.15, 0.2) is 0 Å². The Balaban J connectivity index is 1.83. The largest absolute Gasteiger partial charge is 0.316 e. The molecule has 1 nitrogen and oxygen atoms in total. The Morgan fingerprint density at radius 3 is 2.61 bits per heavy atom. The fourth-order valence-corrected chi connectivity index (χ4v) is 3.59. The Labute approximate surface area is 111 Å². The van der Waals surface area contributed by atoms with E-state index < -0.39 is 0 Å². The molecule has 0 bridgehead atoms. The first kappa shape index (κ1) is 12.2. The Kier molecular flexibility index (Phi) is 3.19. The number of piperidine rings is 1. The van der Waals surface area contributed by atoms with E-state index in [1.54, 1.807) is 0 Å². The molecule has 1 saturated heterocycles. The Hall–Kier alpha value is -0.820. The normalized spacial score (nSPS) is 32.4. The second-order valence-electron chi connectivity index (χ2n) is 6.72. The molecule has 98 valence electrons. The number of hydrogen-bond donors (Lipinski definition) is 1. The Bertz CT molecular complexity index is 404. The Morgan fingerprint density at radius 1 is 1.22 bits per heavy atom. The summed E-state index contributed by atoms with van der Waals surface area (Å²) in [4.78, 5) is 0. The van der Waals surface area contributed by atoms with Crippen molar-refractivity contribution in [1.29, 1.82) is 0 Å². The molecule has 18 heavy (non-hydrogen) atoms. The van der Waals surface area contributed by atoms with E-state index >= 15 is 0 Å². The third kappa shape index (κ3) is 2.47. The zero-order valence-corrected chi connectivity index (χ0v) is 11.7. The number of rotatable bonds is 3. The highest BCUT2D eigenvalue weighted by molar-refractivity contribution is 5.27. The van der Waals surface area contributed by atoms with Gasteiger partial charge in [-0.3, -0.25) is 0 Å². The zero-order valence-electron chi connectivity index (χ0n) is 11.7. The minimum atomic E-state index is 0.516. The van der Waals surface area contributed by atoms with Gasteiger partial charge in [0.2, 0.25) is 0 Å². The van der Waals surface area contributed by atoms with Crippen LogP contribution in [0.1, 0.15) is 49.7 Å². The summed E-state index contributed by atoms with van der Waals surface area (Å²) in [5.74, 6) is 1.73. The van der Waals surface area contributed by atoms with Gasteiger partial charge in [-0.05, 0) is 43.2 Å². The highest BCUT2D eigenvalue weighted by atomic mass is 14.9. The van der Waals surface area contributed by atoms with E-state index in [-0.39, 0.29) is 0 Å². The molecule has 1 saturated carbocycles. The van der Waals surface area contributed by atoms with Crippen LogP contribution in [0.25, 0.3) is 0 Å². The number of hydrogen-bond acceptors (Lipinski definition) is 1. The summed E-state index contributed by atoms with van der Waals surface area (Å²) in [5.41, 5.74) is 3.42. The molecule has 0 radical (unpaired) electrons. The number of aryl methyl sites for hydroxylation is 1. The molecular weight excluding hydrogens is 218 g/mol. The van der Waals surface area contributed by atoms with Gasteiger partial charge < -0.3 is 5.32 Å².